The molecule has 0 saturated heterocycles. The van der Waals surface area contributed by atoms with E-state index in [1.54, 1.807) is 21.3 Å². The van der Waals surface area contributed by atoms with Gasteiger partial charge < -0.3 is 18.8 Å². The van der Waals surface area contributed by atoms with Crippen molar-refractivity contribution in [3.05, 3.63) is 36.4 Å². The van der Waals surface area contributed by atoms with Crippen LogP contribution in [0, 0.1) is 0 Å². The molecule has 0 unspecified atom stereocenters. The van der Waals surface area contributed by atoms with Crippen LogP contribution in [0.25, 0.3) is 33.7 Å². The topological polar surface area (TPSA) is 71.3 Å². The maximum atomic E-state index is 5.53. The lowest BCUT2D eigenvalue weighted by Crippen LogP contribution is -2.07. The quantitative estimate of drug-likeness (QED) is 0.476. The third-order valence-electron chi connectivity index (χ3n) is 5.16. The van der Waals surface area contributed by atoms with Gasteiger partial charge in [0.15, 0.2) is 22.8 Å². The van der Waals surface area contributed by atoms with Gasteiger partial charge in [-0.1, -0.05) is 19.1 Å². The maximum absolute atomic E-state index is 5.53. The summed E-state index contributed by atoms with van der Waals surface area (Å²) in [6.45, 7) is 4.30. The van der Waals surface area contributed by atoms with Crippen LogP contribution in [0.3, 0.4) is 0 Å². The minimum absolute atomic E-state index is 0.185. The summed E-state index contributed by atoms with van der Waals surface area (Å²) < 4.78 is 18.7. The van der Waals surface area contributed by atoms with Gasteiger partial charge in [-0.05, 0) is 37.6 Å². The summed E-state index contributed by atoms with van der Waals surface area (Å²) in [6, 6.07) is 11.8. The summed E-state index contributed by atoms with van der Waals surface area (Å²) in [6.07, 6.45) is 0.928. The first-order valence-electron chi connectivity index (χ1n) is 9.56. The fraction of sp³-hybridized carbons (Fsp3) is 0.318. The number of hydrogen-bond acceptors (Lipinski definition) is 6. The van der Waals surface area contributed by atoms with E-state index in [-0.39, 0.29) is 6.04 Å². The van der Waals surface area contributed by atoms with Crippen molar-refractivity contribution in [3.8, 4) is 28.6 Å². The highest BCUT2D eigenvalue weighted by Gasteiger charge is 2.22. The molecule has 150 valence electrons. The van der Waals surface area contributed by atoms with Gasteiger partial charge in [-0.25, -0.2) is 15.0 Å². The van der Waals surface area contributed by atoms with Crippen molar-refractivity contribution in [1.82, 2.24) is 19.5 Å². The van der Waals surface area contributed by atoms with Crippen LogP contribution in [0.15, 0.2) is 36.4 Å². The van der Waals surface area contributed by atoms with Gasteiger partial charge in [0, 0.05) is 11.6 Å². The lowest BCUT2D eigenvalue weighted by Gasteiger charge is -2.17. The predicted octanol–water partition coefficient (Wildman–Crippen LogP) is 4.64. The molecule has 0 radical (unpaired) electrons. The molecule has 2 aromatic heterocycles. The molecule has 0 aliphatic carbocycles. The van der Waals surface area contributed by atoms with Crippen LogP contribution in [-0.4, -0.2) is 40.8 Å². The van der Waals surface area contributed by atoms with Gasteiger partial charge in [0.1, 0.15) is 5.82 Å². The highest BCUT2D eigenvalue weighted by molar-refractivity contribution is 5.85. The standard InChI is InChI=1S/C22H24N4O3/c1-6-13(2)26-21(14-11-17(27-3)19(29-5)18(12-14)28-4)25-20-22(26)24-16-10-8-7-9-15(16)23-20/h7-13H,6H2,1-5H3/t13-/m1/s1. The first kappa shape index (κ1) is 19.0. The molecule has 29 heavy (non-hydrogen) atoms. The number of methoxy groups -OCH3 is 3. The largest absolute Gasteiger partial charge is 0.493 e. The summed E-state index contributed by atoms with van der Waals surface area (Å²) in [5.74, 6) is 2.47. The number of hydrogen-bond donors (Lipinski definition) is 0. The molecular formula is C22H24N4O3. The summed E-state index contributed by atoms with van der Waals surface area (Å²) in [4.78, 5) is 14.4. The van der Waals surface area contributed by atoms with Crippen molar-refractivity contribution in [2.24, 2.45) is 0 Å². The number of para-hydroxylation sites is 2. The van der Waals surface area contributed by atoms with Crippen LogP contribution in [0.2, 0.25) is 0 Å². The van der Waals surface area contributed by atoms with E-state index >= 15 is 0 Å². The van der Waals surface area contributed by atoms with E-state index in [9.17, 15) is 0 Å². The van der Waals surface area contributed by atoms with Crippen molar-refractivity contribution in [1.29, 1.82) is 0 Å². The molecule has 2 heterocycles. The van der Waals surface area contributed by atoms with Crippen molar-refractivity contribution in [3.63, 3.8) is 0 Å². The van der Waals surface area contributed by atoms with Crippen LogP contribution in [-0.2, 0) is 0 Å². The Labute approximate surface area is 169 Å². The lowest BCUT2D eigenvalue weighted by atomic mass is 10.1. The number of nitrogens with zero attached hydrogens (tertiary/aromatic N) is 4. The minimum Gasteiger partial charge on any atom is -0.493 e. The summed E-state index contributed by atoms with van der Waals surface area (Å²) in [5.41, 5.74) is 3.91. The fourth-order valence-electron chi connectivity index (χ4n) is 3.49. The van der Waals surface area contributed by atoms with Crippen molar-refractivity contribution in [2.75, 3.05) is 21.3 Å². The Morgan fingerprint density at radius 3 is 2.07 bits per heavy atom. The third-order valence-corrected chi connectivity index (χ3v) is 5.16. The molecule has 0 bridgehead atoms. The van der Waals surface area contributed by atoms with Crippen molar-refractivity contribution in [2.45, 2.75) is 26.3 Å². The number of fused-ring (bicyclic) bond motifs is 2. The second-order valence-corrected chi connectivity index (χ2v) is 6.84. The molecule has 2 aromatic carbocycles. The average Bonchev–Trinajstić information content (AvgIpc) is 3.13. The molecule has 4 rings (SSSR count). The van der Waals surface area contributed by atoms with E-state index in [0.29, 0.717) is 22.9 Å². The maximum Gasteiger partial charge on any atom is 0.203 e. The number of rotatable bonds is 6. The minimum atomic E-state index is 0.185. The summed E-state index contributed by atoms with van der Waals surface area (Å²) in [5, 5.41) is 0. The SMILES string of the molecule is CC[C@@H](C)n1c(-c2cc(OC)c(OC)c(OC)c2)nc2nc3ccccc3nc21. The number of aromatic nitrogens is 4. The molecule has 0 fully saturated rings. The Morgan fingerprint density at radius 1 is 0.897 bits per heavy atom. The van der Waals surface area contributed by atoms with E-state index in [0.717, 1.165) is 34.5 Å². The van der Waals surface area contributed by atoms with Crippen LogP contribution in [0.1, 0.15) is 26.3 Å². The summed E-state index contributed by atoms with van der Waals surface area (Å²) >= 11 is 0. The molecule has 0 saturated carbocycles. The zero-order valence-electron chi connectivity index (χ0n) is 17.3. The van der Waals surface area contributed by atoms with Crippen molar-refractivity contribution < 1.29 is 14.2 Å². The third kappa shape index (κ3) is 3.12. The van der Waals surface area contributed by atoms with Gasteiger partial charge >= 0.3 is 0 Å². The Hall–Kier alpha value is -3.35. The summed E-state index contributed by atoms with van der Waals surface area (Å²) in [7, 11) is 4.80. The van der Waals surface area contributed by atoms with Crippen LogP contribution >= 0.6 is 0 Å². The normalized spacial score (nSPS) is 12.3. The molecule has 0 N–H and O–H groups in total. The fourth-order valence-corrected chi connectivity index (χ4v) is 3.49. The highest BCUT2D eigenvalue weighted by Crippen LogP contribution is 2.42. The molecule has 7 nitrogen and oxygen atoms in total. The lowest BCUT2D eigenvalue weighted by molar-refractivity contribution is 0.324. The number of imidazole rings is 1. The molecule has 0 amide bonds. The van der Waals surface area contributed by atoms with E-state index in [1.165, 1.54) is 0 Å². The van der Waals surface area contributed by atoms with Gasteiger partial charge in [-0.3, -0.25) is 0 Å². The van der Waals surface area contributed by atoms with E-state index < -0.39 is 0 Å². The molecule has 7 heteroatoms. The molecule has 0 aliphatic heterocycles. The monoisotopic (exact) mass is 392 g/mol. The number of ether oxygens (including phenoxy) is 3. The van der Waals surface area contributed by atoms with Crippen LogP contribution < -0.4 is 14.2 Å². The second kappa shape index (κ2) is 7.58. The molecule has 0 spiro atoms. The second-order valence-electron chi connectivity index (χ2n) is 6.84. The van der Waals surface area contributed by atoms with E-state index in [4.69, 9.17) is 29.2 Å². The van der Waals surface area contributed by atoms with Crippen LogP contribution in [0.4, 0.5) is 0 Å². The first-order chi connectivity index (χ1) is 14.1. The Balaban J connectivity index is 2.03. The van der Waals surface area contributed by atoms with Gasteiger partial charge in [-0.2, -0.15) is 0 Å². The zero-order chi connectivity index (χ0) is 20.5. The number of benzene rings is 2. The molecule has 0 aliphatic rings. The van der Waals surface area contributed by atoms with Gasteiger partial charge in [-0.15, -0.1) is 0 Å². The highest BCUT2D eigenvalue weighted by atomic mass is 16.5. The predicted molar refractivity (Wildman–Crippen MR) is 113 cm³/mol. The smallest absolute Gasteiger partial charge is 0.203 e. The first-order valence-corrected chi connectivity index (χ1v) is 9.56. The Kier molecular flexibility index (Phi) is 4.96. The van der Waals surface area contributed by atoms with Gasteiger partial charge in [0.25, 0.3) is 0 Å². The average molecular weight is 392 g/mol. The molecular weight excluding hydrogens is 368 g/mol. The van der Waals surface area contributed by atoms with E-state index in [2.05, 4.69) is 18.4 Å². The molecule has 4 aromatic rings. The van der Waals surface area contributed by atoms with Crippen molar-refractivity contribution >= 4 is 22.3 Å². The molecule has 1 atom stereocenters. The van der Waals surface area contributed by atoms with Gasteiger partial charge in [0.05, 0.1) is 32.4 Å². The zero-order valence-corrected chi connectivity index (χ0v) is 17.3. The van der Waals surface area contributed by atoms with Crippen LogP contribution in [0.5, 0.6) is 17.2 Å². The Bertz CT molecular complexity index is 1160. The Morgan fingerprint density at radius 2 is 1.52 bits per heavy atom. The van der Waals surface area contributed by atoms with E-state index in [1.807, 2.05) is 36.4 Å². The van der Waals surface area contributed by atoms with Gasteiger partial charge in [0.2, 0.25) is 5.75 Å².